The van der Waals surface area contributed by atoms with Gasteiger partial charge in [-0.05, 0) is 44.1 Å². The zero-order valence-corrected chi connectivity index (χ0v) is 18.4. The Labute approximate surface area is 182 Å². The molecule has 0 spiro atoms. The molecule has 2 saturated carbocycles. The van der Waals surface area contributed by atoms with E-state index in [4.69, 9.17) is 4.52 Å². The molecule has 164 valence electrons. The number of carbonyl (C=O) groups is 2. The van der Waals surface area contributed by atoms with Gasteiger partial charge in [-0.25, -0.2) is 0 Å². The zero-order valence-electron chi connectivity index (χ0n) is 18.4. The van der Waals surface area contributed by atoms with E-state index >= 15 is 0 Å². The van der Waals surface area contributed by atoms with Crippen LogP contribution in [-0.2, 0) is 20.4 Å². The van der Waals surface area contributed by atoms with Gasteiger partial charge in [-0.15, -0.1) is 0 Å². The van der Waals surface area contributed by atoms with Crippen LogP contribution in [0.25, 0.3) is 0 Å². The quantitative estimate of drug-likeness (QED) is 0.800. The number of fused-ring (bicyclic) bond motifs is 1. The molecule has 2 heterocycles. The van der Waals surface area contributed by atoms with E-state index in [-0.39, 0.29) is 40.5 Å². The van der Waals surface area contributed by atoms with Crippen LogP contribution in [-0.4, -0.2) is 46.0 Å². The summed E-state index contributed by atoms with van der Waals surface area (Å²) in [6.45, 7) is 6.93. The van der Waals surface area contributed by atoms with E-state index in [0.29, 0.717) is 24.8 Å². The van der Waals surface area contributed by atoms with E-state index < -0.39 is 0 Å². The van der Waals surface area contributed by atoms with Crippen LogP contribution in [0, 0.1) is 18.8 Å². The molecule has 0 bridgehead atoms. The minimum absolute atomic E-state index is 0.0437. The number of hydrogen-bond donors (Lipinski definition) is 1. The highest BCUT2D eigenvalue weighted by Gasteiger charge is 2.59. The molecule has 7 nitrogen and oxygen atoms in total. The second kappa shape index (κ2) is 7.18. The molecular formula is C24H30N4O3. The summed E-state index contributed by atoms with van der Waals surface area (Å²) in [6.07, 6.45) is 3.32. The Morgan fingerprint density at radius 2 is 1.97 bits per heavy atom. The first kappa shape index (κ1) is 20.2. The number of aromatic nitrogens is 2. The fourth-order valence-electron chi connectivity index (χ4n) is 5.70. The van der Waals surface area contributed by atoms with Gasteiger partial charge in [0, 0.05) is 25.0 Å². The van der Waals surface area contributed by atoms with Gasteiger partial charge in [0.1, 0.15) is 0 Å². The van der Waals surface area contributed by atoms with Crippen LogP contribution in [0.1, 0.15) is 56.8 Å². The molecule has 1 saturated heterocycles. The van der Waals surface area contributed by atoms with Gasteiger partial charge in [-0.1, -0.05) is 49.3 Å². The maximum absolute atomic E-state index is 13.3. The Balaban J connectivity index is 1.36. The number of hydrogen-bond acceptors (Lipinski definition) is 5. The van der Waals surface area contributed by atoms with Crippen LogP contribution >= 0.6 is 0 Å². The van der Waals surface area contributed by atoms with Crippen molar-refractivity contribution >= 4 is 11.8 Å². The standard InChI is InChI=1S/C24H30N4O3/c1-15(2)20(29)28-13-18-11-19(12-24(18,14-28)22-25-16(3)27-31-22)26-21(30)23(9-10-23)17-7-5-4-6-8-17/h4-8,15,18-19H,9-14H2,1-3H3,(H,26,30). The van der Waals surface area contributed by atoms with Crippen LogP contribution in [0.5, 0.6) is 0 Å². The second-order valence-corrected chi connectivity index (χ2v) is 9.93. The Kier molecular flexibility index (Phi) is 4.68. The molecule has 31 heavy (non-hydrogen) atoms. The first-order chi connectivity index (χ1) is 14.8. The highest BCUT2D eigenvalue weighted by atomic mass is 16.5. The van der Waals surface area contributed by atoms with Gasteiger partial charge >= 0.3 is 0 Å². The summed E-state index contributed by atoms with van der Waals surface area (Å²) < 4.78 is 5.63. The molecule has 2 amide bonds. The fourth-order valence-corrected chi connectivity index (χ4v) is 5.70. The predicted octanol–water partition coefficient (Wildman–Crippen LogP) is 2.74. The first-order valence-electron chi connectivity index (χ1n) is 11.3. The van der Waals surface area contributed by atoms with Crippen LogP contribution < -0.4 is 5.32 Å². The van der Waals surface area contributed by atoms with Crippen molar-refractivity contribution < 1.29 is 14.1 Å². The van der Waals surface area contributed by atoms with Crippen LogP contribution in [0.3, 0.4) is 0 Å². The van der Waals surface area contributed by atoms with E-state index in [9.17, 15) is 9.59 Å². The maximum Gasteiger partial charge on any atom is 0.235 e. The van der Waals surface area contributed by atoms with Crippen LogP contribution in [0.2, 0.25) is 0 Å². The molecule has 2 aromatic rings. The van der Waals surface area contributed by atoms with Gasteiger partial charge in [0.05, 0.1) is 10.8 Å². The van der Waals surface area contributed by atoms with Crippen molar-refractivity contribution in [3.63, 3.8) is 0 Å². The van der Waals surface area contributed by atoms with Gasteiger partial charge in [0.15, 0.2) is 5.82 Å². The lowest BCUT2D eigenvalue weighted by molar-refractivity contribution is -0.134. The molecule has 3 atom stereocenters. The van der Waals surface area contributed by atoms with Crippen molar-refractivity contribution in [3.05, 3.63) is 47.6 Å². The molecule has 5 rings (SSSR count). The normalized spacial score (nSPS) is 28.6. The topological polar surface area (TPSA) is 88.3 Å². The van der Waals surface area contributed by atoms with Crippen LogP contribution in [0.15, 0.2) is 34.9 Å². The lowest BCUT2D eigenvalue weighted by Gasteiger charge is -2.27. The third kappa shape index (κ3) is 3.25. The number of amides is 2. The smallest absolute Gasteiger partial charge is 0.235 e. The Bertz CT molecular complexity index is 997. The van der Waals surface area contributed by atoms with Gasteiger partial charge in [0.25, 0.3) is 0 Å². The maximum atomic E-state index is 13.3. The SMILES string of the molecule is Cc1noc(C23CC(NC(=O)C4(c5ccccc5)CC4)CC2CN(C(=O)C(C)C)C3)n1. The minimum atomic E-state index is -0.382. The van der Waals surface area contributed by atoms with Gasteiger partial charge < -0.3 is 14.7 Å². The second-order valence-electron chi connectivity index (χ2n) is 9.93. The molecule has 1 N–H and O–H groups in total. The largest absolute Gasteiger partial charge is 0.353 e. The highest BCUT2D eigenvalue weighted by molar-refractivity contribution is 5.91. The van der Waals surface area contributed by atoms with E-state index in [0.717, 1.165) is 31.2 Å². The fraction of sp³-hybridized carbons (Fsp3) is 0.583. The molecule has 1 aliphatic heterocycles. The van der Waals surface area contributed by atoms with Crippen molar-refractivity contribution in [1.29, 1.82) is 0 Å². The number of nitrogens with one attached hydrogen (secondary N) is 1. The van der Waals surface area contributed by atoms with E-state index in [2.05, 4.69) is 15.5 Å². The number of aryl methyl sites for hydroxylation is 1. The number of carbonyl (C=O) groups excluding carboxylic acids is 2. The molecule has 1 aromatic heterocycles. The number of rotatable bonds is 5. The third-order valence-corrected chi connectivity index (χ3v) is 7.48. The summed E-state index contributed by atoms with van der Waals surface area (Å²) in [7, 11) is 0. The van der Waals surface area contributed by atoms with Crippen molar-refractivity contribution in [1.82, 2.24) is 20.4 Å². The summed E-state index contributed by atoms with van der Waals surface area (Å²) in [5.74, 6) is 1.64. The van der Waals surface area contributed by atoms with E-state index in [1.54, 1.807) is 0 Å². The average Bonchev–Trinajstić information content (AvgIpc) is 3.16. The molecular weight excluding hydrogens is 392 g/mol. The van der Waals surface area contributed by atoms with Crippen molar-refractivity contribution in [2.24, 2.45) is 11.8 Å². The number of likely N-dealkylation sites (tertiary alicyclic amines) is 1. The van der Waals surface area contributed by atoms with Gasteiger partial charge in [0.2, 0.25) is 17.7 Å². The molecule has 1 aromatic carbocycles. The number of benzene rings is 1. The predicted molar refractivity (Wildman–Crippen MR) is 114 cm³/mol. The zero-order chi connectivity index (χ0) is 21.8. The molecule has 3 aliphatic rings. The molecule has 0 radical (unpaired) electrons. The Morgan fingerprint density at radius 3 is 2.58 bits per heavy atom. The van der Waals surface area contributed by atoms with Crippen molar-refractivity contribution in [2.45, 2.75) is 63.3 Å². The Hall–Kier alpha value is -2.70. The van der Waals surface area contributed by atoms with Crippen molar-refractivity contribution in [3.8, 4) is 0 Å². The lowest BCUT2D eigenvalue weighted by atomic mass is 9.80. The third-order valence-electron chi connectivity index (χ3n) is 7.48. The highest BCUT2D eigenvalue weighted by Crippen LogP contribution is 2.52. The number of nitrogens with zero attached hydrogens (tertiary/aromatic N) is 3. The lowest BCUT2D eigenvalue weighted by Crippen LogP contribution is -2.43. The monoisotopic (exact) mass is 422 g/mol. The summed E-state index contributed by atoms with van der Waals surface area (Å²) >= 11 is 0. The Morgan fingerprint density at radius 1 is 1.23 bits per heavy atom. The molecule has 3 fully saturated rings. The summed E-state index contributed by atoms with van der Waals surface area (Å²) in [5, 5.41) is 7.36. The van der Waals surface area contributed by atoms with E-state index in [1.807, 2.05) is 56.0 Å². The van der Waals surface area contributed by atoms with Crippen LogP contribution in [0.4, 0.5) is 0 Å². The summed E-state index contributed by atoms with van der Waals surface area (Å²) in [5.41, 5.74) is 0.335. The minimum Gasteiger partial charge on any atom is -0.353 e. The molecule has 7 heteroatoms. The molecule has 3 unspecified atom stereocenters. The molecule has 2 aliphatic carbocycles. The summed E-state index contributed by atoms with van der Waals surface area (Å²) in [4.78, 5) is 32.5. The van der Waals surface area contributed by atoms with E-state index in [1.165, 1.54) is 0 Å². The summed E-state index contributed by atoms with van der Waals surface area (Å²) in [6, 6.07) is 10.1. The van der Waals surface area contributed by atoms with Crippen molar-refractivity contribution in [2.75, 3.05) is 13.1 Å². The first-order valence-corrected chi connectivity index (χ1v) is 11.3. The van der Waals surface area contributed by atoms with Gasteiger partial charge in [-0.3, -0.25) is 9.59 Å². The van der Waals surface area contributed by atoms with Gasteiger partial charge in [-0.2, -0.15) is 4.98 Å². The average molecular weight is 423 g/mol.